The molecule has 1 aromatic carbocycles. The van der Waals surface area contributed by atoms with E-state index in [1.807, 2.05) is 45.9 Å². The molecule has 162 valence electrons. The maximum Gasteiger partial charge on any atom is 0.263 e. The largest absolute Gasteiger partial charge is 0.324 e. The molecule has 1 aliphatic rings. The van der Waals surface area contributed by atoms with Gasteiger partial charge in [-0.05, 0) is 45.4 Å². The maximum atomic E-state index is 13.3. The van der Waals surface area contributed by atoms with Crippen molar-refractivity contribution in [2.24, 2.45) is 0 Å². The van der Waals surface area contributed by atoms with E-state index in [0.717, 1.165) is 10.4 Å². The fraction of sp³-hybridized carbons (Fsp3) is 0.364. The van der Waals surface area contributed by atoms with Gasteiger partial charge in [0.2, 0.25) is 11.8 Å². The van der Waals surface area contributed by atoms with Crippen molar-refractivity contribution < 1.29 is 9.59 Å². The van der Waals surface area contributed by atoms with Crippen LogP contribution < -0.4 is 15.8 Å². The second-order valence-electron chi connectivity index (χ2n) is 7.58. The quantitative estimate of drug-likeness (QED) is 0.475. The summed E-state index contributed by atoms with van der Waals surface area (Å²) in [6.07, 6.45) is 0.225. The van der Waals surface area contributed by atoms with E-state index in [9.17, 15) is 14.4 Å². The van der Waals surface area contributed by atoms with Crippen LogP contribution >= 0.6 is 23.1 Å². The van der Waals surface area contributed by atoms with Crippen molar-refractivity contribution in [1.29, 1.82) is 0 Å². The van der Waals surface area contributed by atoms with E-state index in [1.165, 1.54) is 23.1 Å². The molecule has 1 aliphatic heterocycles. The van der Waals surface area contributed by atoms with Crippen LogP contribution in [0.15, 0.2) is 34.2 Å². The number of aromatic nitrogens is 2. The van der Waals surface area contributed by atoms with Crippen LogP contribution in [0.1, 0.15) is 30.7 Å². The molecule has 4 rings (SSSR count). The Morgan fingerprint density at radius 1 is 1.29 bits per heavy atom. The molecule has 2 amide bonds. The summed E-state index contributed by atoms with van der Waals surface area (Å²) in [6, 6.07) is 7.04. The lowest BCUT2D eigenvalue weighted by Crippen LogP contribution is -2.40. The maximum absolute atomic E-state index is 13.3. The minimum atomic E-state index is -0.275. The third kappa shape index (κ3) is 3.87. The molecule has 7 nitrogen and oxygen atoms in total. The fourth-order valence-electron chi connectivity index (χ4n) is 3.86. The second kappa shape index (κ2) is 8.47. The molecule has 9 heteroatoms. The van der Waals surface area contributed by atoms with Gasteiger partial charge >= 0.3 is 0 Å². The smallest absolute Gasteiger partial charge is 0.263 e. The number of thiophene rings is 1. The molecule has 1 unspecified atom stereocenters. The number of rotatable bonds is 4. The van der Waals surface area contributed by atoms with Crippen molar-refractivity contribution in [1.82, 2.24) is 9.55 Å². The van der Waals surface area contributed by atoms with Gasteiger partial charge in [-0.15, -0.1) is 11.3 Å². The Hall–Kier alpha value is -2.65. The van der Waals surface area contributed by atoms with Crippen molar-refractivity contribution in [2.75, 3.05) is 16.0 Å². The highest BCUT2D eigenvalue weighted by Gasteiger charge is 2.29. The van der Waals surface area contributed by atoms with Crippen LogP contribution in [0.2, 0.25) is 0 Å². The zero-order valence-electron chi connectivity index (χ0n) is 17.9. The van der Waals surface area contributed by atoms with Crippen LogP contribution in [-0.2, 0) is 16.1 Å². The lowest BCUT2D eigenvalue weighted by Gasteiger charge is -2.27. The SMILES string of the molecule is CCn1c(SCC(=O)N2c3ccccc3NC(=O)CC2C)nc2sc(C)c(C)c2c1=O. The first kappa shape index (κ1) is 21.6. The number of anilines is 2. The van der Waals surface area contributed by atoms with Crippen LogP contribution in [0.4, 0.5) is 11.4 Å². The molecule has 0 saturated heterocycles. The number of aryl methyl sites for hydroxylation is 2. The topological polar surface area (TPSA) is 84.3 Å². The lowest BCUT2D eigenvalue weighted by molar-refractivity contribution is -0.117. The number of carbonyl (C=O) groups is 2. The monoisotopic (exact) mass is 456 g/mol. The average molecular weight is 457 g/mol. The van der Waals surface area contributed by atoms with E-state index in [0.29, 0.717) is 33.3 Å². The highest BCUT2D eigenvalue weighted by Crippen LogP contribution is 2.33. The molecule has 2 aromatic heterocycles. The number of benzene rings is 1. The van der Waals surface area contributed by atoms with E-state index >= 15 is 0 Å². The van der Waals surface area contributed by atoms with E-state index in [1.54, 1.807) is 15.5 Å². The highest BCUT2D eigenvalue weighted by atomic mass is 32.2. The first-order valence-electron chi connectivity index (χ1n) is 10.2. The fourth-order valence-corrected chi connectivity index (χ4v) is 5.85. The van der Waals surface area contributed by atoms with Gasteiger partial charge in [-0.3, -0.25) is 19.0 Å². The molecule has 0 bridgehead atoms. The molecular formula is C22H24N4O3S2. The third-order valence-electron chi connectivity index (χ3n) is 5.52. The number of amides is 2. The normalized spacial score (nSPS) is 16.2. The molecule has 3 aromatic rings. The van der Waals surface area contributed by atoms with Crippen LogP contribution in [0.3, 0.4) is 0 Å². The van der Waals surface area contributed by atoms with Gasteiger partial charge < -0.3 is 10.2 Å². The number of carbonyl (C=O) groups excluding carboxylic acids is 2. The van der Waals surface area contributed by atoms with Gasteiger partial charge in [-0.1, -0.05) is 23.9 Å². The predicted octanol–water partition coefficient (Wildman–Crippen LogP) is 3.95. The average Bonchev–Trinajstić information content (AvgIpc) is 2.93. The molecule has 0 spiro atoms. The van der Waals surface area contributed by atoms with Gasteiger partial charge in [0.1, 0.15) is 4.83 Å². The Labute approximate surface area is 188 Å². The summed E-state index contributed by atoms with van der Waals surface area (Å²) in [5.74, 6) is -0.121. The number of thioether (sulfide) groups is 1. The van der Waals surface area contributed by atoms with Gasteiger partial charge in [-0.2, -0.15) is 0 Å². The third-order valence-corrected chi connectivity index (χ3v) is 7.59. The minimum absolute atomic E-state index is 0.0624. The number of nitrogens with one attached hydrogen (secondary N) is 1. The Morgan fingerprint density at radius 2 is 2.03 bits per heavy atom. The van der Waals surface area contributed by atoms with Crippen LogP contribution in [0.25, 0.3) is 10.2 Å². The molecule has 1 N–H and O–H groups in total. The van der Waals surface area contributed by atoms with E-state index in [2.05, 4.69) is 5.32 Å². The van der Waals surface area contributed by atoms with Crippen molar-refractivity contribution in [3.8, 4) is 0 Å². The number of para-hydroxylation sites is 2. The van der Waals surface area contributed by atoms with Gasteiger partial charge in [0.25, 0.3) is 5.56 Å². The molecule has 0 fully saturated rings. The summed E-state index contributed by atoms with van der Waals surface area (Å²) < 4.78 is 1.63. The van der Waals surface area contributed by atoms with Crippen LogP contribution in [0, 0.1) is 13.8 Å². The van der Waals surface area contributed by atoms with E-state index in [4.69, 9.17) is 4.98 Å². The summed E-state index contributed by atoms with van der Waals surface area (Å²) in [5, 5.41) is 4.08. The van der Waals surface area contributed by atoms with Gasteiger partial charge in [0.15, 0.2) is 5.16 Å². The zero-order valence-corrected chi connectivity index (χ0v) is 19.5. The Kier molecular flexibility index (Phi) is 5.90. The number of hydrogen-bond donors (Lipinski definition) is 1. The van der Waals surface area contributed by atoms with E-state index < -0.39 is 0 Å². The lowest BCUT2D eigenvalue weighted by atomic mass is 10.2. The second-order valence-corrected chi connectivity index (χ2v) is 9.72. The van der Waals surface area contributed by atoms with Gasteiger partial charge in [-0.25, -0.2) is 4.98 Å². The first-order chi connectivity index (χ1) is 14.8. The van der Waals surface area contributed by atoms with Crippen molar-refractivity contribution >= 4 is 56.5 Å². The molecule has 31 heavy (non-hydrogen) atoms. The standard InChI is InChI=1S/C22H24N4O3S2/c1-5-25-21(29)19-13(3)14(4)31-20(19)24-22(25)30-11-18(28)26-12(2)10-17(27)23-15-8-6-7-9-16(15)26/h6-9,12H,5,10-11H2,1-4H3,(H,23,27). The molecule has 1 atom stereocenters. The molecule has 3 heterocycles. The van der Waals surface area contributed by atoms with Crippen molar-refractivity contribution in [3.63, 3.8) is 0 Å². The van der Waals surface area contributed by atoms with Crippen LogP contribution in [-0.4, -0.2) is 33.2 Å². The molecule has 0 aliphatic carbocycles. The first-order valence-corrected chi connectivity index (χ1v) is 12.0. The highest BCUT2D eigenvalue weighted by molar-refractivity contribution is 7.99. The summed E-state index contributed by atoms with van der Waals surface area (Å²) in [4.78, 5) is 46.6. The summed E-state index contributed by atoms with van der Waals surface area (Å²) in [6.45, 7) is 8.18. The zero-order chi connectivity index (χ0) is 22.3. The van der Waals surface area contributed by atoms with E-state index in [-0.39, 0.29) is 35.6 Å². The summed E-state index contributed by atoms with van der Waals surface area (Å²) in [7, 11) is 0. The van der Waals surface area contributed by atoms with Gasteiger partial charge in [0, 0.05) is 23.9 Å². The number of nitrogens with zero attached hydrogens (tertiary/aromatic N) is 3. The summed E-state index contributed by atoms with van der Waals surface area (Å²) >= 11 is 2.77. The predicted molar refractivity (Wildman–Crippen MR) is 126 cm³/mol. The Morgan fingerprint density at radius 3 is 2.77 bits per heavy atom. The number of hydrogen-bond acceptors (Lipinski definition) is 6. The Balaban J connectivity index is 1.65. The van der Waals surface area contributed by atoms with Crippen molar-refractivity contribution in [2.45, 2.75) is 51.9 Å². The minimum Gasteiger partial charge on any atom is -0.324 e. The molecular weight excluding hydrogens is 432 g/mol. The Bertz CT molecular complexity index is 1250. The molecule has 0 saturated carbocycles. The molecule has 0 radical (unpaired) electrons. The van der Waals surface area contributed by atoms with Crippen molar-refractivity contribution in [3.05, 3.63) is 45.1 Å². The number of fused-ring (bicyclic) bond motifs is 2. The van der Waals surface area contributed by atoms with Gasteiger partial charge in [0.05, 0.1) is 22.5 Å². The van der Waals surface area contributed by atoms with Crippen LogP contribution in [0.5, 0.6) is 0 Å². The summed E-state index contributed by atoms with van der Waals surface area (Å²) in [5.41, 5.74) is 2.23.